The van der Waals surface area contributed by atoms with E-state index in [0.717, 1.165) is 6.20 Å². The molecule has 0 saturated carbocycles. The number of hydrogen-bond acceptors (Lipinski definition) is 5. The molecule has 0 aliphatic carbocycles. The number of carbonyl (C=O) groups excluding carboxylic acids is 1. The van der Waals surface area contributed by atoms with Gasteiger partial charge in [0.05, 0.1) is 23.2 Å². The van der Waals surface area contributed by atoms with Crippen LogP contribution in [0.4, 0.5) is 0 Å². The van der Waals surface area contributed by atoms with Gasteiger partial charge >= 0.3 is 0 Å². The second-order valence-electron chi connectivity index (χ2n) is 2.75. The standard InChI is InChI=1S/C9H12N4O2/c10-4-5(9(13)14)7(11)8(12)6-2-1-3-15-6/h1-4H,10-12H2,(H2,13,14)/b5-4+,8-7+. The first-order valence-electron chi connectivity index (χ1n) is 4.09. The van der Waals surface area contributed by atoms with Gasteiger partial charge in [0.1, 0.15) is 0 Å². The average Bonchev–Trinajstić information content (AvgIpc) is 2.69. The maximum atomic E-state index is 10.9. The Hall–Kier alpha value is -2.37. The maximum Gasteiger partial charge on any atom is 0.252 e. The zero-order chi connectivity index (χ0) is 11.4. The van der Waals surface area contributed by atoms with E-state index < -0.39 is 5.91 Å². The SMILES string of the molecule is N/C=C(C(N)=O)\C(N)=C(/N)c1ccco1. The molecule has 0 aromatic carbocycles. The summed E-state index contributed by atoms with van der Waals surface area (Å²) in [5.74, 6) is -0.391. The predicted molar refractivity (Wildman–Crippen MR) is 55.5 cm³/mol. The summed E-state index contributed by atoms with van der Waals surface area (Å²) in [6.45, 7) is 0. The summed E-state index contributed by atoms with van der Waals surface area (Å²) >= 11 is 0. The highest BCUT2D eigenvalue weighted by Crippen LogP contribution is 2.15. The van der Waals surface area contributed by atoms with Gasteiger partial charge in [0, 0.05) is 6.20 Å². The van der Waals surface area contributed by atoms with Gasteiger partial charge < -0.3 is 27.4 Å². The zero-order valence-corrected chi connectivity index (χ0v) is 7.94. The average molecular weight is 208 g/mol. The number of primary amides is 1. The minimum absolute atomic E-state index is 0.0000463. The molecule has 0 aliphatic rings. The number of amides is 1. The molecule has 15 heavy (non-hydrogen) atoms. The molecule has 0 spiro atoms. The fourth-order valence-electron chi connectivity index (χ4n) is 1.01. The molecule has 1 rings (SSSR count). The molecule has 0 atom stereocenters. The van der Waals surface area contributed by atoms with Crippen molar-refractivity contribution in [2.24, 2.45) is 22.9 Å². The van der Waals surface area contributed by atoms with Crippen molar-refractivity contribution in [3.05, 3.63) is 41.6 Å². The lowest BCUT2D eigenvalue weighted by Gasteiger charge is -2.05. The van der Waals surface area contributed by atoms with Crippen LogP contribution in [0.3, 0.4) is 0 Å². The fourth-order valence-corrected chi connectivity index (χ4v) is 1.01. The molecule has 1 aromatic rings. The number of hydrogen-bond donors (Lipinski definition) is 4. The molecular formula is C9H12N4O2. The van der Waals surface area contributed by atoms with Crippen molar-refractivity contribution in [3.8, 4) is 0 Å². The Morgan fingerprint density at radius 3 is 2.40 bits per heavy atom. The Kier molecular flexibility index (Phi) is 3.02. The van der Waals surface area contributed by atoms with E-state index >= 15 is 0 Å². The van der Waals surface area contributed by atoms with Crippen molar-refractivity contribution < 1.29 is 9.21 Å². The van der Waals surface area contributed by atoms with Crippen molar-refractivity contribution in [1.29, 1.82) is 0 Å². The van der Waals surface area contributed by atoms with Crippen LogP contribution in [-0.2, 0) is 4.79 Å². The summed E-state index contributed by atoms with van der Waals surface area (Å²) in [5.41, 5.74) is 21.6. The molecular weight excluding hydrogens is 196 g/mol. The number of rotatable bonds is 3. The summed E-state index contributed by atoms with van der Waals surface area (Å²) < 4.78 is 5.01. The van der Waals surface area contributed by atoms with Crippen LogP contribution in [0.2, 0.25) is 0 Å². The van der Waals surface area contributed by atoms with Crippen LogP contribution < -0.4 is 22.9 Å². The lowest BCUT2D eigenvalue weighted by molar-refractivity contribution is -0.114. The van der Waals surface area contributed by atoms with E-state index in [1.807, 2.05) is 0 Å². The minimum Gasteiger partial charge on any atom is -0.463 e. The quantitative estimate of drug-likeness (QED) is 0.380. The molecule has 0 fully saturated rings. The molecule has 0 radical (unpaired) electrons. The smallest absolute Gasteiger partial charge is 0.252 e. The summed E-state index contributed by atoms with van der Waals surface area (Å²) in [6.07, 6.45) is 2.44. The van der Waals surface area contributed by atoms with E-state index in [1.54, 1.807) is 12.1 Å². The maximum absolute atomic E-state index is 10.9. The normalized spacial score (nSPS) is 13.5. The first-order valence-corrected chi connectivity index (χ1v) is 4.09. The molecule has 0 saturated heterocycles. The Bertz CT molecular complexity index is 417. The van der Waals surface area contributed by atoms with Gasteiger partial charge in [-0.25, -0.2) is 0 Å². The summed E-state index contributed by atoms with van der Waals surface area (Å²) in [7, 11) is 0. The highest BCUT2D eigenvalue weighted by atomic mass is 16.3. The van der Waals surface area contributed by atoms with E-state index in [4.69, 9.17) is 27.4 Å². The Morgan fingerprint density at radius 1 is 1.33 bits per heavy atom. The topological polar surface area (TPSA) is 134 Å². The molecule has 1 amide bonds. The van der Waals surface area contributed by atoms with Gasteiger partial charge in [-0.3, -0.25) is 4.79 Å². The molecule has 6 heteroatoms. The van der Waals surface area contributed by atoms with Crippen molar-refractivity contribution in [2.75, 3.05) is 0 Å². The van der Waals surface area contributed by atoms with Gasteiger partial charge in [-0.05, 0) is 12.1 Å². The Labute approximate surface area is 86.2 Å². The monoisotopic (exact) mass is 208 g/mol. The van der Waals surface area contributed by atoms with Crippen molar-refractivity contribution in [1.82, 2.24) is 0 Å². The zero-order valence-electron chi connectivity index (χ0n) is 7.94. The third-order valence-electron chi connectivity index (χ3n) is 1.80. The molecule has 0 aliphatic heterocycles. The lowest BCUT2D eigenvalue weighted by Crippen LogP contribution is -2.22. The van der Waals surface area contributed by atoms with Crippen LogP contribution in [0.25, 0.3) is 5.70 Å². The minimum atomic E-state index is -0.746. The van der Waals surface area contributed by atoms with Crippen LogP contribution in [0, 0.1) is 0 Å². The van der Waals surface area contributed by atoms with Gasteiger partial charge in [0.2, 0.25) is 0 Å². The van der Waals surface area contributed by atoms with Crippen LogP contribution >= 0.6 is 0 Å². The van der Waals surface area contributed by atoms with E-state index in [9.17, 15) is 4.79 Å². The van der Waals surface area contributed by atoms with Gasteiger partial charge in [-0.1, -0.05) is 0 Å². The molecule has 8 N–H and O–H groups in total. The fraction of sp³-hybridized carbons (Fsp3) is 0. The van der Waals surface area contributed by atoms with Gasteiger partial charge in [0.15, 0.2) is 5.76 Å². The summed E-state index contributed by atoms with van der Waals surface area (Å²) in [5, 5.41) is 0. The van der Waals surface area contributed by atoms with E-state index in [2.05, 4.69) is 0 Å². The molecule has 1 heterocycles. The number of nitrogens with two attached hydrogens (primary N) is 4. The molecule has 6 nitrogen and oxygen atoms in total. The second kappa shape index (κ2) is 4.23. The van der Waals surface area contributed by atoms with Crippen molar-refractivity contribution >= 4 is 11.6 Å². The van der Waals surface area contributed by atoms with Crippen LogP contribution in [0.15, 0.2) is 40.3 Å². The first-order chi connectivity index (χ1) is 7.07. The number of carbonyl (C=O) groups is 1. The summed E-state index contributed by atoms with van der Waals surface area (Å²) in [4.78, 5) is 10.9. The first kappa shape index (κ1) is 10.7. The van der Waals surface area contributed by atoms with Crippen molar-refractivity contribution in [3.63, 3.8) is 0 Å². The van der Waals surface area contributed by atoms with Crippen molar-refractivity contribution in [2.45, 2.75) is 0 Å². The van der Waals surface area contributed by atoms with Gasteiger partial charge in [0.25, 0.3) is 5.91 Å². The molecule has 0 unspecified atom stereocenters. The van der Waals surface area contributed by atoms with E-state index in [-0.39, 0.29) is 17.0 Å². The predicted octanol–water partition coefficient (Wildman–Crippen LogP) is -0.806. The molecule has 1 aromatic heterocycles. The highest BCUT2D eigenvalue weighted by Gasteiger charge is 2.13. The molecule has 80 valence electrons. The second-order valence-corrected chi connectivity index (χ2v) is 2.75. The van der Waals surface area contributed by atoms with Gasteiger partial charge in [-0.2, -0.15) is 0 Å². The summed E-state index contributed by atoms with van der Waals surface area (Å²) in [6, 6.07) is 3.25. The van der Waals surface area contributed by atoms with E-state index in [0.29, 0.717) is 5.76 Å². The highest BCUT2D eigenvalue weighted by molar-refractivity contribution is 5.98. The Balaban J connectivity index is 3.16. The van der Waals surface area contributed by atoms with Crippen LogP contribution in [0.1, 0.15) is 5.76 Å². The Morgan fingerprint density at radius 2 is 2.00 bits per heavy atom. The van der Waals surface area contributed by atoms with Gasteiger partial charge in [-0.15, -0.1) is 0 Å². The van der Waals surface area contributed by atoms with Crippen LogP contribution in [0.5, 0.6) is 0 Å². The largest absolute Gasteiger partial charge is 0.463 e. The molecule has 0 bridgehead atoms. The van der Waals surface area contributed by atoms with Crippen LogP contribution in [-0.4, -0.2) is 5.91 Å². The van der Waals surface area contributed by atoms with E-state index in [1.165, 1.54) is 6.26 Å². The lowest BCUT2D eigenvalue weighted by atomic mass is 10.1. The third kappa shape index (κ3) is 2.11. The third-order valence-corrected chi connectivity index (χ3v) is 1.80. The number of furan rings is 1.